The van der Waals surface area contributed by atoms with Crippen LogP contribution in [-0.4, -0.2) is 36.2 Å². The Morgan fingerprint density at radius 1 is 1.38 bits per heavy atom. The van der Waals surface area contributed by atoms with Gasteiger partial charge >= 0.3 is 0 Å². The van der Waals surface area contributed by atoms with Crippen molar-refractivity contribution in [2.75, 3.05) is 14.1 Å². The molecule has 1 saturated heterocycles. The summed E-state index contributed by atoms with van der Waals surface area (Å²) in [5.74, 6) is 0.838. The van der Waals surface area contributed by atoms with E-state index >= 15 is 0 Å². The van der Waals surface area contributed by atoms with E-state index in [4.69, 9.17) is 4.74 Å². The number of thioether (sulfide) groups is 1. The van der Waals surface area contributed by atoms with Gasteiger partial charge < -0.3 is 4.74 Å². The van der Waals surface area contributed by atoms with E-state index in [2.05, 4.69) is 11.9 Å². The molecule has 0 N–H and O–H groups in total. The number of aliphatic imine (C=N–C) groups is 1. The van der Waals surface area contributed by atoms with E-state index in [1.54, 1.807) is 19.0 Å². The van der Waals surface area contributed by atoms with Crippen molar-refractivity contribution in [3.8, 4) is 5.75 Å². The molecule has 112 valence electrons. The minimum atomic E-state index is -0.0134. The highest BCUT2D eigenvalue weighted by atomic mass is 32.2. The van der Waals surface area contributed by atoms with Gasteiger partial charge in [-0.1, -0.05) is 19.1 Å². The molecule has 1 aliphatic heterocycles. The Bertz CT molecular complexity index is 578. The van der Waals surface area contributed by atoms with Gasteiger partial charge in [0.15, 0.2) is 5.17 Å². The van der Waals surface area contributed by atoms with Gasteiger partial charge in [0, 0.05) is 14.1 Å². The van der Waals surface area contributed by atoms with Crippen molar-refractivity contribution < 1.29 is 9.53 Å². The maximum Gasteiger partial charge on any atom is 0.266 e. The largest absolute Gasteiger partial charge is 0.491 e. The number of carbonyl (C=O) groups excluding carboxylic acids is 1. The monoisotopic (exact) mass is 304 g/mol. The predicted molar refractivity (Wildman–Crippen MR) is 88.5 cm³/mol. The van der Waals surface area contributed by atoms with Crippen LogP contribution < -0.4 is 4.74 Å². The molecule has 0 radical (unpaired) electrons. The topological polar surface area (TPSA) is 41.9 Å². The molecule has 1 heterocycles. The third kappa shape index (κ3) is 3.67. The van der Waals surface area contributed by atoms with Crippen molar-refractivity contribution in [1.29, 1.82) is 0 Å². The van der Waals surface area contributed by atoms with Crippen LogP contribution >= 0.6 is 11.8 Å². The van der Waals surface area contributed by atoms with Crippen LogP contribution in [0.25, 0.3) is 6.08 Å². The highest BCUT2D eigenvalue weighted by molar-refractivity contribution is 8.18. The molecular formula is C16H20N2O2S. The second kappa shape index (κ2) is 6.80. The summed E-state index contributed by atoms with van der Waals surface area (Å²) in [6.45, 7) is 4.14. The second-order valence-electron chi connectivity index (χ2n) is 4.89. The molecule has 0 unspecified atom stereocenters. The number of ether oxygens (including phenoxy) is 1. The Labute approximate surface area is 129 Å². The van der Waals surface area contributed by atoms with Gasteiger partial charge in [-0.2, -0.15) is 0 Å². The smallest absolute Gasteiger partial charge is 0.266 e. The number of likely N-dealkylation sites (N-methyl/N-ethyl adjacent to an activating group) is 1. The molecule has 1 atom stereocenters. The number of benzene rings is 1. The van der Waals surface area contributed by atoms with E-state index in [1.807, 2.05) is 37.3 Å². The van der Waals surface area contributed by atoms with Crippen molar-refractivity contribution in [2.24, 2.45) is 4.99 Å². The van der Waals surface area contributed by atoms with Crippen molar-refractivity contribution in [1.82, 2.24) is 4.90 Å². The molecule has 1 aromatic rings. The molecule has 0 bridgehead atoms. The van der Waals surface area contributed by atoms with Gasteiger partial charge in [0.2, 0.25) is 0 Å². The summed E-state index contributed by atoms with van der Waals surface area (Å²) in [4.78, 5) is 18.4. The number of nitrogens with zero attached hydrogens (tertiary/aromatic N) is 2. The molecule has 1 fully saturated rings. The van der Waals surface area contributed by atoms with Gasteiger partial charge in [0.05, 0.1) is 11.0 Å². The molecule has 0 aliphatic carbocycles. The first-order valence-electron chi connectivity index (χ1n) is 6.96. The molecule has 1 aliphatic rings. The first kappa shape index (κ1) is 15.6. The predicted octanol–water partition coefficient (Wildman–Crippen LogP) is 3.40. The molecule has 0 aromatic heterocycles. The summed E-state index contributed by atoms with van der Waals surface area (Å²) >= 11 is 1.40. The maximum absolute atomic E-state index is 12.1. The van der Waals surface area contributed by atoms with Gasteiger partial charge in [0.25, 0.3) is 5.91 Å². The fourth-order valence-electron chi connectivity index (χ4n) is 1.86. The van der Waals surface area contributed by atoms with Crippen LogP contribution in [0.5, 0.6) is 5.75 Å². The first-order valence-corrected chi connectivity index (χ1v) is 7.78. The van der Waals surface area contributed by atoms with Crippen LogP contribution in [0.2, 0.25) is 0 Å². The lowest BCUT2D eigenvalue weighted by molar-refractivity contribution is -0.121. The van der Waals surface area contributed by atoms with Crippen molar-refractivity contribution in [2.45, 2.75) is 26.4 Å². The molecule has 2 rings (SSSR count). The van der Waals surface area contributed by atoms with Gasteiger partial charge in [0.1, 0.15) is 5.75 Å². The van der Waals surface area contributed by atoms with E-state index in [0.29, 0.717) is 4.91 Å². The molecule has 5 heteroatoms. The van der Waals surface area contributed by atoms with Crippen molar-refractivity contribution >= 4 is 28.9 Å². The highest BCUT2D eigenvalue weighted by Gasteiger charge is 2.29. The molecule has 0 saturated carbocycles. The highest BCUT2D eigenvalue weighted by Crippen LogP contribution is 2.31. The maximum atomic E-state index is 12.1. The number of hydrogen-bond acceptors (Lipinski definition) is 4. The van der Waals surface area contributed by atoms with E-state index in [1.165, 1.54) is 11.8 Å². The summed E-state index contributed by atoms with van der Waals surface area (Å²) in [5.41, 5.74) is 0.980. The van der Waals surface area contributed by atoms with Gasteiger partial charge in [-0.15, -0.1) is 0 Å². The van der Waals surface area contributed by atoms with Crippen LogP contribution in [0.4, 0.5) is 0 Å². The van der Waals surface area contributed by atoms with Crippen LogP contribution in [-0.2, 0) is 4.79 Å². The van der Waals surface area contributed by atoms with Gasteiger partial charge in [-0.25, -0.2) is 0 Å². The molecular weight excluding hydrogens is 284 g/mol. The van der Waals surface area contributed by atoms with Crippen LogP contribution in [0.3, 0.4) is 0 Å². The second-order valence-corrected chi connectivity index (χ2v) is 5.90. The average Bonchev–Trinajstić information content (AvgIpc) is 2.77. The van der Waals surface area contributed by atoms with Crippen LogP contribution in [0.1, 0.15) is 25.8 Å². The third-order valence-corrected chi connectivity index (χ3v) is 4.44. The van der Waals surface area contributed by atoms with Gasteiger partial charge in [-0.3, -0.25) is 14.7 Å². The number of rotatable bonds is 4. The lowest BCUT2D eigenvalue weighted by atomic mass is 10.2. The number of hydrogen-bond donors (Lipinski definition) is 0. The molecule has 0 spiro atoms. The minimum absolute atomic E-state index is 0.0134. The normalized spacial score (nSPS) is 20.4. The summed E-state index contributed by atoms with van der Waals surface area (Å²) in [6.07, 6.45) is 3.06. The fourth-order valence-corrected chi connectivity index (χ4v) is 2.79. The van der Waals surface area contributed by atoms with E-state index in [0.717, 1.165) is 22.9 Å². The molecule has 1 aromatic carbocycles. The zero-order chi connectivity index (χ0) is 15.4. The summed E-state index contributed by atoms with van der Waals surface area (Å²) in [5, 5.41) is 0.725. The number of amidine groups is 1. The third-order valence-electron chi connectivity index (χ3n) is 3.28. The Kier molecular flexibility index (Phi) is 5.07. The zero-order valence-corrected chi connectivity index (χ0v) is 13.6. The lowest BCUT2D eigenvalue weighted by Gasteiger charge is -2.12. The van der Waals surface area contributed by atoms with E-state index in [-0.39, 0.29) is 12.0 Å². The van der Waals surface area contributed by atoms with E-state index < -0.39 is 0 Å². The lowest BCUT2D eigenvalue weighted by Crippen LogP contribution is -2.23. The number of amides is 1. The molecule has 21 heavy (non-hydrogen) atoms. The Balaban J connectivity index is 2.13. The SMILES string of the molecule is CC[C@@H](C)Oc1ccc(/C=C2\SC(=NC)N(C)C2=O)cc1. The zero-order valence-electron chi connectivity index (χ0n) is 12.8. The average molecular weight is 304 g/mol. The number of carbonyl (C=O) groups is 1. The van der Waals surface area contributed by atoms with Crippen LogP contribution in [0, 0.1) is 0 Å². The quantitative estimate of drug-likeness (QED) is 0.801. The van der Waals surface area contributed by atoms with E-state index in [9.17, 15) is 4.79 Å². The van der Waals surface area contributed by atoms with Crippen LogP contribution in [0.15, 0.2) is 34.2 Å². The van der Waals surface area contributed by atoms with Crippen molar-refractivity contribution in [3.05, 3.63) is 34.7 Å². The van der Waals surface area contributed by atoms with Gasteiger partial charge in [-0.05, 0) is 48.9 Å². The summed E-state index contributed by atoms with van der Waals surface area (Å²) < 4.78 is 5.74. The standard InChI is InChI=1S/C16H20N2O2S/c1-5-11(2)20-13-8-6-12(7-9-13)10-14-15(19)18(4)16(17-3)21-14/h6-11H,5H2,1-4H3/b14-10-,17-16?/t11-/m1/s1. The Morgan fingerprint density at radius 3 is 2.57 bits per heavy atom. The Hall–Kier alpha value is -1.75. The first-order chi connectivity index (χ1) is 10.0. The molecule has 4 nitrogen and oxygen atoms in total. The minimum Gasteiger partial charge on any atom is -0.491 e. The molecule has 1 amide bonds. The Morgan fingerprint density at radius 2 is 2.05 bits per heavy atom. The summed E-state index contributed by atoms with van der Waals surface area (Å²) in [6, 6.07) is 7.78. The van der Waals surface area contributed by atoms with Crippen molar-refractivity contribution in [3.63, 3.8) is 0 Å². The fraction of sp³-hybridized carbons (Fsp3) is 0.375. The summed E-state index contributed by atoms with van der Waals surface area (Å²) in [7, 11) is 3.43.